The van der Waals surface area contributed by atoms with E-state index in [0.717, 1.165) is 17.7 Å². The molecular formula is C15H13BrFNOS. The molecule has 3 rings (SSSR count). The Morgan fingerprint density at radius 1 is 1.35 bits per heavy atom. The van der Waals surface area contributed by atoms with E-state index in [-0.39, 0.29) is 11.5 Å². The van der Waals surface area contributed by atoms with Crippen molar-refractivity contribution in [2.45, 2.75) is 25.8 Å². The van der Waals surface area contributed by atoms with E-state index >= 15 is 0 Å². The third-order valence-corrected chi connectivity index (χ3v) is 5.13. The molecule has 0 aliphatic heterocycles. The third kappa shape index (κ3) is 2.79. The van der Waals surface area contributed by atoms with E-state index in [4.69, 9.17) is 0 Å². The maximum atomic E-state index is 13.7. The summed E-state index contributed by atoms with van der Waals surface area (Å²) in [5.41, 5.74) is 1.49. The van der Waals surface area contributed by atoms with Crippen LogP contribution < -0.4 is 5.32 Å². The summed E-state index contributed by atoms with van der Waals surface area (Å²) >= 11 is 4.93. The zero-order valence-corrected chi connectivity index (χ0v) is 13.1. The fraction of sp³-hybridized carbons (Fsp3) is 0.267. The Balaban J connectivity index is 1.66. The molecule has 1 amide bonds. The lowest BCUT2D eigenvalue weighted by Gasteiger charge is -2.05. The topological polar surface area (TPSA) is 29.1 Å². The Labute approximate surface area is 129 Å². The highest BCUT2D eigenvalue weighted by molar-refractivity contribution is 9.10. The van der Waals surface area contributed by atoms with Gasteiger partial charge in [-0.1, -0.05) is 15.9 Å². The molecular weight excluding hydrogens is 341 g/mol. The van der Waals surface area contributed by atoms with Crippen LogP contribution in [0.4, 0.5) is 4.39 Å². The molecule has 1 N–H and O–H groups in total. The molecule has 0 atom stereocenters. The van der Waals surface area contributed by atoms with Gasteiger partial charge in [0.25, 0.3) is 5.91 Å². The van der Waals surface area contributed by atoms with Gasteiger partial charge in [-0.2, -0.15) is 0 Å². The average molecular weight is 354 g/mol. The summed E-state index contributed by atoms with van der Waals surface area (Å²) in [4.78, 5) is 14.5. The van der Waals surface area contributed by atoms with E-state index in [0.29, 0.717) is 11.0 Å². The lowest BCUT2D eigenvalue weighted by molar-refractivity contribution is 0.0947. The van der Waals surface area contributed by atoms with E-state index in [1.54, 1.807) is 17.4 Å². The Bertz CT molecular complexity index is 646. The number of carbonyl (C=O) groups excluding carboxylic acids is 1. The van der Waals surface area contributed by atoms with Crippen LogP contribution >= 0.6 is 27.3 Å². The molecule has 0 radical (unpaired) electrons. The molecule has 1 aromatic carbocycles. The minimum atomic E-state index is -0.509. The van der Waals surface area contributed by atoms with Gasteiger partial charge in [0.2, 0.25) is 0 Å². The summed E-state index contributed by atoms with van der Waals surface area (Å²) < 4.78 is 14.3. The van der Waals surface area contributed by atoms with E-state index in [1.807, 2.05) is 0 Å². The third-order valence-electron chi connectivity index (χ3n) is 3.40. The molecule has 1 aliphatic rings. The Kier molecular flexibility index (Phi) is 3.89. The van der Waals surface area contributed by atoms with Crippen molar-refractivity contribution < 1.29 is 9.18 Å². The van der Waals surface area contributed by atoms with Crippen LogP contribution in [0.2, 0.25) is 0 Å². The predicted molar refractivity (Wildman–Crippen MR) is 81.6 cm³/mol. The molecule has 2 nitrogen and oxygen atoms in total. The van der Waals surface area contributed by atoms with Crippen molar-refractivity contribution >= 4 is 33.2 Å². The molecule has 1 heterocycles. The first kappa shape index (κ1) is 13.8. The van der Waals surface area contributed by atoms with Gasteiger partial charge < -0.3 is 5.32 Å². The van der Waals surface area contributed by atoms with Crippen molar-refractivity contribution in [3.8, 4) is 0 Å². The minimum absolute atomic E-state index is 0.0808. The summed E-state index contributed by atoms with van der Waals surface area (Å²) in [5, 5.41) is 2.78. The molecule has 0 spiro atoms. The van der Waals surface area contributed by atoms with Crippen LogP contribution in [-0.2, 0) is 19.4 Å². The van der Waals surface area contributed by atoms with Gasteiger partial charge in [-0.15, -0.1) is 11.3 Å². The van der Waals surface area contributed by atoms with Crippen molar-refractivity contribution in [2.75, 3.05) is 0 Å². The number of fused-ring (bicyclic) bond motifs is 1. The summed E-state index contributed by atoms with van der Waals surface area (Å²) in [7, 11) is 0. The molecule has 0 bridgehead atoms. The normalized spacial score (nSPS) is 13.3. The van der Waals surface area contributed by atoms with Crippen LogP contribution in [0.3, 0.4) is 0 Å². The first-order valence-electron chi connectivity index (χ1n) is 6.47. The number of hydrogen-bond donors (Lipinski definition) is 1. The zero-order chi connectivity index (χ0) is 14.1. The quantitative estimate of drug-likeness (QED) is 0.885. The standard InChI is InChI=1S/C15H13BrFNOS/c16-10-4-5-12(13(17)7-10)15(19)18-8-11-6-9-2-1-3-14(9)20-11/h4-7H,1-3,8H2,(H,18,19). The van der Waals surface area contributed by atoms with Crippen molar-refractivity contribution in [1.29, 1.82) is 0 Å². The Morgan fingerprint density at radius 3 is 2.95 bits per heavy atom. The van der Waals surface area contributed by atoms with Gasteiger partial charge in [0.15, 0.2) is 0 Å². The Morgan fingerprint density at radius 2 is 2.20 bits per heavy atom. The zero-order valence-electron chi connectivity index (χ0n) is 10.7. The smallest absolute Gasteiger partial charge is 0.254 e. The van der Waals surface area contributed by atoms with Gasteiger partial charge in [0.05, 0.1) is 12.1 Å². The van der Waals surface area contributed by atoms with Crippen molar-refractivity contribution in [3.05, 3.63) is 55.4 Å². The molecule has 0 saturated heterocycles. The molecule has 1 aromatic heterocycles. The summed E-state index contributed by atoms with van der Waals surface area (Å²) in [6.45, 7) is 0.464. The number of benzene rings is 1. The first-order chi connectivity index (χ1) is 9.63. The van der Waals surface area contributed by atoms with Crippen LogP contribution in [0.25, 0.3) is 0 Å². The van der Waals surface area contributed by atoms with Gasteiger partial charge in [0, 0.05) is 14.2 Å². The lowest BCUT2D eigenvalue weighted by atomic mass is 10.2. The van der Waals surface area contributed by atoms with E-state index < -0.39 is 5.82 Å². The van der Waals surface area contributed by atoms with Crippen LogP contribution in [0.1, 0.15) is 32.1 Å². The number of thiophene rings is 1. The molecule has 5 heteroatoms. The molecule has 0 unspecified atom stereocenters. The SMILES string of the molecule is O=C(NCc1cc2c(s1)CCC2)c1ccc(Br)cc1F. The van der Waals surface area contributed by atoms with Crippen molar-refractivity contribution in [1.82, 2.24) is 5.32 Å². The fourth-order valence-electron chi connectivity index (χ4n) is 2.41. The van der Waals surface area contributed by atoms with Crippen LogP contribution in [0.5, 0.6) is 0 Å². The number of halogens is 2. The minimum Gasteiger partial charge on any atom is -0.347 e. The highest BCUT2D eigenvalue weighted by Gasteiger charge is 2.16. The van der Waals surface area contributed by atoms with Gasteiger partial charge in [-0.05, 0) is 49.1 Å². The Hall–Kier alpha value is -1.20. The van der Waals surface area contributed by atoms with Crippen molar-refractivity contribution in [2.24, 2.45) is 0 Å². The average Bonchev–Trinajstić information content (AvgIpc) is 2.96. The number of aryl methyl sites for hydroxylation is 2. The molecule has 104 valence electrons. The second-order valence-corrected chi connectivity index (χ2v) is 6.96. The van der Waals surface area contributed by atoms with Gasteiger partial charge in [0.1, 0.15) is 5.82 Å². The summed E-state index contributed by atoms with van der Waals surface area (Å²) in [6, 6.07) is 6.61. The van der Waals surface area contributed by atoms with Gasteiger partial charge in [-0.25, -0.2) is 4.39 Å². The van der Waals surface area contributed by atoms with E-state index in [2.05, 4.69) is 27.3 Å². The van der Waals surface area contributed by atoms with Crippen LogP contribution in [0, 0.1) is 5.82 Å². The molecule has 0 fully saturated rings. The second-order valence-electron chi connectivity index (χ2n) is 4.82. The largest absolute Gasteiger partial charge is 0.347 e. The van der Waals surface area contributed by atoms with Gasteiger partial charge >= 0.3 is 0 Å². The number of nitrogens with one attached hydrogen (secondary N) is 1. The maximum Gasteiger partial charge on any atom is 0.254 e. The number of carbonyl (C=O) groups is 1. The maximum absolute atomic E-state index is 13.7. The first-order valence-corrected chi connectivity index (χ1v) is 8.08. The second kappa shape index (κ2) is 5.66. The van der Waals surface area contributed by atoms with Gasteiger partial charge in [-0.3, -0.25) is 4.79 Å². The van der Waals surface area contributed by atoms with Crippen LogP contribution in [0.15, 0.2) is 28.7 Å². The van der Waals surface area contributed by atoms with Crippen LogP contribution in [-0.4, -0.2) is 5.91 Å². The number of amides is 1. The van der Waals surface area contributed by atoms with Crippen molar-refractivity contribution in [3.63, 3.8) is 0 Å². The molecule has 1 aliphatic carbocycles. The van der Waals surface area contributed by atoms with E-state index in [1.165, 1.54) is 29.0 Å². The highest BCUT2D eigenvalue weighted by Crippen LogP contribution is 2.30. The molecule has 20 heavy (non-hydrogen) atoms. The fourth-order valence-corrected chi connectivity index (χ4v) is 3.95. The molecule has 0 saturated carbocycles. The lowest BCUT2D eigenvalue weighted by Crippen LogP contribution is -2.23. The molecule has 2 aromatic rings. The summed E-state index contributed by atoms with van der Waals surface area (Å²) in [6.07, 6.45) is 3.52. The summed E-state index contributed by atoms with van der Waals surface area (Å²) in [5.74, 6) is -0.880. The number of hydrogen-bond acceptors (Lipinski definition) is 2. The monoisotopic (exact) mass is 353 g/mol. The highest BCUT2D eigenvalue weighted by atomic mass is 79.9. The van der Waals surface area contributed by atoms with E-state index in [9.17, 15) is 9.18 Å². The number of rotatable bonds is 3. The predicted octanol–water partition coefficient (Wildman–Crippen LogP) is 4.07.